The SMILES string of the molecule is Cc1cccc2c1CC(c1ccc(CN3CCCC3)cc1)=NC2=O.Cl. The molecule has 130 valence electrons. The van der Waals surface area contributed by atoms with Gasteiger partial charge in [-0.15, -0.1) is 12.4 Å². The first-order chi connectivity index (χ1) is 11.7. The number of benzene rings is 2. The maximum Gasteiger partial charge on any atom is 0.277 e. The van der Waals surface area contributed by atoms with E-state index in [9.17, 15) is 4.79 Å². The topological polar surface area (TPSA) is 32.7 Å². The zero-order valence-corrected chi connectivity index (χ0v) is 15.3. The van der Waals surface area contributed by atoms with E-state index < -0.39 is 0 Å². The number of hydrogen-bond acceptors (Lipinski definition) is 2. The van der Waals surface area contributed by atoms with Gasteiger partial charge in [-0.25, -0.2) is 4.99 Å². The van der Waals surface area contributed by atoms with Crippen LogP contribution in [0.15, 0.2) is 47.5 Å². The molecule has 0 aromatic heterocycles. The van der Waals surface area contributed by atoms with Crippen molar-refractivity contribution in [3.8, 4) is 0 Å². The molecule has 1 fully saturated rings. The third-order valence-electron chi connectivity index (χ3n) is 5.11. The van der Waals surface area contributed by atoms with Crippen LogP contribution in [-0.4, -0.2) is 29.6 Å². The summed E-state index contributed by atoms with van der Waals surface area (Å²) < 4.78 is 0. The minimum Gasteiger partial charge on any atom is -0.299 e. The minimum atomic E-state index is -0.115. The number of hydrogen-bond donors (Lipinski definition) is 0. The van der Waals surface area contributed by atoms with E-state index in [1.165, 1.54) is 37.1 Å². The molecule has 1 saturated heterocycles. The van der Waals surface area contributed by atoms with E-state index in [0.29, 0.717) is 0 Å². The van der Waals surface area contributed by atoms with Crippen molar-refractivity contribution in [3.63, 3.8) is 0 Å². The Morgan fingerprint density at radius 3 is 2.48 bits per heavy atom. The van der Waals surface area contributed by atoms with Gasteiger partial charge in [-0.05, 0) is 61.2 Å². The second kappa shape index (κ2) is 7.51. The molecule has 0 spiro atoms. The second-order valence-corrected chi connectivity index (χ2v) is 6.82. The summed E-state index contributed by atoms with van der Waals surface area (Å²) in [7, 11) is 0. The molecule has 0 atom stereocenters. The van der Waals surface area contributed by atoms with Crippen molar-refractivity contribution in [2.24, 2.45) is 4.99 Å². The van der Waals surface area contributed by atoms with E-state index in [1.807, 2.05) is 12.1 Å². The average molecular weight is 355 g/mol. The highest BCUT2D eigenvalue weighted by Crippen LogP contribution is 2.23. The van der Waals surface area contributed by atoms with Gasteiger partial charge >= 0.3 is 0 Å². The predicted molar refractivity (Wildman–Crippen MR) is 104 cm³/mol. The zero-order valence-electron chi connectivity index (χ0n) is 14.5. The van der Waals surface area contributed by atoms with Gasteiger partial charge in [-0.1, -0.05) is 36.4 Å². The summed E-state index contributed by atoms with van der Waals surface area (Å²) in [5, 5.41) is 0. The molecule has 1 amide bonds. The number of fused-ring (bicyclic) bond motifs is 1. The molecule has 3 nitrogen and oxygen atoms in total. The molecule has 0 radical (unpaired) electrons. The maximum absolute atomic E-state index is 12.3. The van der Waals surface area contributed by atoms with Gasteiger partial charge in [0.05, 0.1) is 5.71 Å². The van der Waals surface area contributed by atoms with E-state index in [0.717, 1.165) is 35.4 Å². The van der Waals surface area contributed by atoms with E-state index in [4.69, 9.17) is 0 Å². The zero-order chi connectivity index (χ0) is 16.5. The lowest BCUT2D eigenvalue weighted by molar-refractivity contribution is 0.1000. The first-order valence-electron chi connectivity index (χ1n) is 8.73. The van der Waals surface area contributed by atoms with Crippen molar-refractivity contribution < 1.29 is 4.79 Å². The van der Waals surface area contributed by atoms with Crippen LogP contribution >= 0.6 is 12.4 Å². The summed E-state index contributed by atoms with van der Waals surface area (Å²) in [4.78, 5) is 19.2. The molecule has 2 heterocycles. The lowest BCUT2D eigenvalue weighted by Gasteiger charge is -2.18. The number of amides is 1. The summed E-state index contributed by atoms with van der Waals surface area (Å²) in [5.74, 6) is -0.115. The molecule has 2 aliphatic rings. The Bertz CT molecular complexity index is 805. The van der Waals surface area contributed by atoms with Gasteiger partial charge in [-0.2, -0.15) is 0 Å². The normalized spacial score (nSPS) is 17.0. The third-order valence-corrected chi connectivity index (χ3v) is 5.11. The number of likely N-dealkylation sites (tertiary alicyclic amines) is 1. The quantitative estimate of drug-likeness (QED) is 0.827. The van der Waals surface area contributed by atoms with Crippen LogP contribution in [0.1, 0.15) is 45.5 Å². The Kier molecular flexibility index (Phi) is 5.36. The van der Waals surface area contributed by atoms with Crippen LogP contribution in [-0.2, 0) is 13.0 Å². The van der Waals surface area contributed by atoms with Crippen LogP contribution in [0, 0.1) is 6.92 Å². The van der Waals surface area contributed by atoms with Crippen LogP contribution in [0.5, 0.6) is 0 Å². The number of aliphatic imine (C=N–C) groups is 1. The fourth-order valence-electron chi connectivity index (χ4n) is 3.70. The van der Waals surface area contributed by atoms with Crippen LogP contribution in [0.2, 0.25) is 0 Å². The molecule has 2 aliphatic heterocycles. The first-order valence-corrected chi connectivity index (χ1v) is 8.73. The van der Waals surface area contributed by atoms with Gasteiger partial charge in [0, 0.05) is 18.5 Å². The van der Waals surface area contributed by atoms with E-state index >= 15 is 0 Å². The maximum atomic E-state index is 12.3. The predicted octanol–water partition coefficient (Wildman–Crippen LogP) is 4.20. The van der Waals surface area contributed by atoms with Crippen LogP contribution in [0.25, 0.3) is 0 Å². The number of aryl methyl sites for hydroxylation is 1. The van der Waals surface area contributed by atoms with Gasteiger partial charge in [0.15, 0.2) is 0 Å². The molecule has 25 heavy (non-hydrogen) atoms. The summed E-state index contributed by atoms with van der Waals surface area (Å²) in [5.41, 5.74) is 6.31. The number of nitrogens with zero attached hydrogens (tertiary/aromatic N) is 2. The Morgan fingerprint density at radius 1 is 1.04 bits per heavy atom. The highest BCUT2D eigenvalue weighted by molar-refractivity contribution is 6.15. The summed E-state index contributed by atoms with van der Waals surface area (Å²) in [6, 6.07) is 14.4. The minimum absolute atomic E-state index is 0. The molecule has 2 aromatic carbocycles. The van der Waals surface area contributed by atoms with E-state index in [1.54, 1.807) is 0 Å². The monoisotopic (exact) mass is 354 g/mol. The lowest BCUT2D eigenvalue weighted by atomic mass is 9.91. The fraction of sp³-hybridized carbons (Fsp3) is 0.333. The van der Waals surface area contributed by atoms with E-state index in [2.05, 4.69) is 47.1 Å². The highest BCUT2D eigenvalue weighted by Gasteiger charge is 2.21. The van der Waals surface area contributed by atoms with Crippen molar-refractivity contribution in [1.29, 1.82) is 0 Å². The Labute approximate surface area is 155 Å². The van der Waals surface area contributed by atoms with Crippen molar-refractivity contribution in [2.45, 2.75) is 32.7 Å². The Balaban J connectivity index is 0.00000182. The average Bonchev–Trinajstić information content (AvgIpc) is 3.09. The Morgan fingerprint density at radius 2 is 1.76 bits per heavy atom. The molecule has 4 heteroatoms. The van der Waals surface area contributed by atoms with Crippen molar-refractivity contribution in [3.05, 3.63) is 70.3 Å². The molecule has 4 rings (SSSR count). The summed E-state index contributed by atoms with van der Waals surface area (Å²) in [6.45, 7) is 5.50. The van der Waals surface area contributed by atoms with Crippen LogP contribution in [0.3, 0.4) is 0 Å². The van der Waals surface area contributed by atoms with Crippen molar-refractivity contribution in [2.75, 3.05) is 13.1 Å². The van der Waals surface area contributed by atoms with E-state index in [-0.39, 0.29) is 18.3 Å². The van der Waals surface area contributed by atoms with Crippen molar-refractivity contribution >= 4 is 24.0 Å². The number of carbonyl (C=O) groups is 1. The largest absolute Gasteiger partial charge is 0.299 e. The molecular formula is C21H23ClN2O. The standard InChI is InChI=1S/C21H22N2O.ClH/c1-15-5-4-6-18-19(15)13-20(22-21(18)24)17-9-7-16(8-10-17)14-23-11-2-3-12-23;/h4-10H,2-3,11-14H2,1H3;1H. The summed E-state index contributed by atoms with van der Waals surface area (Å²) >= 11 is 0. The van der Waals surface area contributed by atoms with Gasteiger partial charge in [0.1, 0.15) is 0 Å². The molecule has 0 N–H and O–H groups in total. The number of halogens is 1. The lowest BCUT2D eigenvalue weighted by Crippen LogP contribution is -2.19. The fourth-order valence-corrected chi connectivity index (χ4v) is 3.70. The molecule has 2 aromatic rings. The van der Waals surface area contributed by atoms with Crippen LogP contribution in [0.4, 0.5) is 0 Å². The van der Waals surface area contributed by atoms with Crippen molar-refractivity contribution in [1.82, 2.24) is 4.90 Å². The molecule has 0 bridgehead atoms. The van der Waals surface area contributed by atoms with Gasteiger partial charge in [0.2, 0.25) is 0 Å². The van der Waals surface area contributed by atoms with Gasteiger partial charge in [-0.3, -0.25) is 9.69 Å². The van der Waals surface area contributed by atoms with Crippen LogP contribution < -0.4 is 0 Å². The van der Waals surface area contributed by atoms with Gasteiger partial charge in [0.25, 0.3) is 5.91 Å². The number of carbonyl (C=O) groups excluding carboxylic acids is 1. The Hall–Kier alpha value is -1.97. The molecule has 0 unspecified atom stereocenters. The molecule has 0 saturated carbocycles. The highest BCUT2D eigenvalue weighted by atomic mass is 35.5. The smallest absolute Gasteiger partial charge is 0.277 e. The second-order valence-electron chi connectivity index (χ2n) is 6.82. The third kappa shape index (κ3) is 3.68. The molecular weight excluding hydrogens is 332 g/mol. The first kappa shape index (κ1) is 17.8. The number of rotatable bonds is 3. The van der Waals surface area contributed by atoms with Gasteiger partial charge < -0.3 is 0 Å². The summed E-state index contributed by atoms with van der Waals surface area (Å²) in [6.07, 6.45) is 3.37. The molecule has 0 aliphatic carbocycles.